The molecule has 25 heavy (non-hydrogen) atoms. The summed E-state index contributed by atoms with van der Waals surface area (Å²) in [6, 6.07) is -3.16. The van der Waals surface area contributed by atoms with Gasteiger partial charge < -0.3 is 15.1 Å². The van der Waals surface area contributed by atoms with E-state index in [1.165, 1.54) is 17.1 Å². The zero-order valence-corrected chi connectivity index (χ0v) is 14.3. The average Bonchev–Trinajstić information content (AvgIpc) is 2.79. The third-order valence-electron chi connectivity index (χ3n) is 4.11. The molecule has 144 valence electrons. The highest BCUT2D eigenvalue weighted by Gasteiger charge is 2.41. The summed E-state index contributed by atoms with van der Waals surface area (Å²) in [7, 11) is 0. The topological polar surface area (TPSA) is 89.9 Å². The normalized spacial score (nSPS) is 20.4. The lowest BCUT2D eigenvalue weighted by molar-refractivity contribution is -0.164. The van der Waals surface area contributed by atoms with E-state index in [2.05, 4.69) is 5.32 Å². The third kappa shape index (κ3) is 6.66. The summed E-state index contributed by atoms with van der Waals surface area (Å²) < 4.78 is 39.3. The number of aliphatic carboxylic acids is 1. The van der Waals surface area contributed by atoms with Crippen LogP contribution in [0.4, 0.5) is 13.2 Å². The maximum Gasteiger partial charge on any atom is 0.403 e. The van der Waals surface area contributed by atoms with Crippen LogP contribution in [-0.2, 0) is 9.59 Å². The number of halogens is 3. The highest BCUT2D eigenvalue weighted by Crippen LogP contribution is 2.25. The lowest BCUT2D eigenvalue weighted by Crippen LogP contribution is -2.52. The first kappa shape index (κ1) is 21.4. The van der Waals surface area contributed by atoms with Gasteiger partial charge >= 0.3 is 12.1 Å². The summed E-state index contributed by atoms with van der Waals surface area (Å²) in [6.45, 7) is 3.36. The van der Waals surface area contributed by atoms with E-state index in [1.54, 1.807) is 13.8 Å². The van der Waals surface area contributed by atoms with Gasteiger partial charge in [-0.3, -0.25) is 14.9 Å². The van der Waals surface area contributed by atoms with Crippen molar-refractivity contribution in [3.05, 3.63) is 12.2 Å². The van der Waals surface area contributed by atoms with Gasteiger partial charge in [-0.15, -0.1) is 0 Å². The van der Waals surface area contributed by atoms with Gasteiger partial charge in [0.15, 0.2) is 0 Å². The number of aliphatic hydroxyl groups excluding tert-OH is 1. The smallest absolute Gasteiger partial charge is 0.403 e. The van der Waals surface area contributed by atoms with Gasteiger partial charge in [-0.2, -0.15) is 13.2 Å². The molecule has 6 nitrogen and oxygen atoms in total. The van der Waals surface area contributed by atoms with Gasteiger partial charge in [-0.25, -0.2) is 0 Å². The van der Waals surface area contributed by atoms with Crippen molar-refractivity contribution in [3.63, 3.8) is 0 Å². The Kier molecular flexibility index (Phi) is 7.88. The number of unbranched alkanes of at least 4 members (excludes halogenated alkanes) is 2. The SMILES string of the molecule is CC(C)[C@H](N[C@@H](CCCCCN1C(=O)C=CC1O)C(F)(F)F)C(=O)O. The molecule has 1 aliphatic heterocycles. The zero-order valence-electron chi connectivity index (χ0n) is 14.3. The number of rotatable bonds is 10. The van der Waals surface area contributed by atoms with Gasteiger partial charge in [0.2, 0.25) is 5.91 Å². The van der Waals surface area contributed by atoms with E-state index >= 15 is 0 Å². The predicted octanol–water partition coefficient (Wildman–Crippen LogP) is 1.89. The minimum atomic E-state index is -4.53. The summed E-state index contributed by atoms with van der Waals surface area (Å²) in [4.78, 5) is 23.7. The number of aliphatic hydroxyl groups is 1. The molecule has 0 aromatic rings. The minimum absolute atomic E-state index is 0.229. The Hall–Kier alpha value is -1.61. The first-order chi connectivity index (χ1) is 11.5. The van der Waals surface area contributed by atoms with Gasteiger partial charge in [0, 0.05) is 12.6 Å². The zero-order chi connectivity index (χ0) is 19.2. The molecule has 1 unspecified atom stereocenters. The van der Waals surface area contributed by atoms with Crippen molar-refractivity contribution in [1.29, 1.82) is 0 Å². The van der Waals surface area contributed by atoms with Crippen molar-refractivity contribution in [2.45, 2.75) is 64.0 Å². The Balaban J connectivity index is 2.43. The van der Waals surface area contributed by atoms with Crippen LogP contribution in [0.25, 0.3) is 0 Å². The van der Waals surface area contributed by atoms with Gasteiger partial charge in [-0.05, 0) is 24.8 Å². The lowest BCUT2D eigenvalue weighted by atomic mass is 10.0. The molecule has 0 aromatic heterocycles. The molecule has 9 heteroatoms. The highest BCUT2D eigenvalue weighted by molar-refractivity contribution is 5.90. The van der Waals surface area contributed by atoms with Crippen LogP contribution >= 0.6 is 0 Å². The Bertz CT molecular complexity index is 494. The number of nitrogens with one attached hydrogen (secondary N) is 1. The van der Waals surface area contributed by atoms with Crippen LogP contribution < -0.4 is 5.32 Å². The third-order valence-corrected chi connectivity index (χ3v) is 4.11. The van der Waals surface area contributed by atoms with E-state index in [9.17, 15) is 27.9 Å². The number of carbonyl (C=O) groups excluding carboxylic acids is 1. The van der Waals surface area contributed by atoms with Crippen LogP contribution in [0.5, 0.6) is 0 Å². The van der Waals surface area contributed by atoms with Crippen molar-refractivity contribution >= 4 is 11.9 Å². The molecule has 0 spiro atoms. The lowest BCUT2D eigenvalue weighted by Gasteiger charge is -2.27. The molecule has 0 fully saturated rings. The fourth-order valence-corrected chi connectivity index (χ4v) is 2.66. The fraction of sp³-hybridized carbons (Fsp3) is 0.750. The Morgan fingerprint density at radius 3 is 2.40 bits per heavy atom. The molecule has 0 saturated carbocycles. The van der Waals surface area contributed by atoms with Crippen molar-refractivity contribution in [1.82, 2.24) is 10.2 Å². The molecular weight excluding hydrogens is 341 g/mol. The Labute approximate surface area is 144 Å². The minimum Gasteiger partial charge on any atom is -0.480 e. The number of carbonyl (C=O) groups is 2. The van der Waals surface area contributed by atoms with Gasteiger partial charge in [0.1, 0.15) is 18.3 Å². The van der Waals surface area contributed by atoms with Crippen LogP contribution in [0.2, 0.25) is 0 Å². The molecule has 1 heterocycles. The molecule has 0 saturated heterocycles. The summed E-state index contributed by atoms with van der Waals surface area (Å²) >= 11 is 0. The van der Waals surface area contributed by atoms with E-state index in [-0.39, 0.29) is 25.3 Å². The molecule has 1 amide bonds. The molecule has 0 bridgehead atoms. The van der Waals surface area contributed by atoms with Crippen molar-refractivity contribution in [2.24, 2.45) is 5.92 Å². The second-order valence-corrected chi connectivity index (χ2v) is 6.47. The summed E-state index contributed by atoms with van der Waals surface area (Å²) in [6.07, 6.45) is -2.02. The van der Waals surface area contributed by atoms with E-state index in [0.717, 1.165) is 0 Å². The quantitative estimate of drug-likeness (QED) is 0.514. The average molecular weight is 366 g/mol. The summed E-state index contributed by atoms with van der Waals surface area (Å²) in [5.41, 5.74) is 0. The number of carboxylic acid groups (broad SMARTS) is 1. The standard InChI is InChI=1S/C16H25F3N2O4/c1-10(2)14(15(24)25)20-11(16(17,18)19)6-4-3-5-9-21-12(22)7-8-13(21)23/h7-8,10-12,14,20,22H,3-6,9H2,1-2H3,(H,24,25)/t11-,12?,14-/m0/s1. The largest absolute Gasteiger partial charge is 0.480 e. The number of amides is 1. The van der Waals surface area contributed by atoms with Crippen LogP contribution in [0.15, 0.2) is 12.2 Å². The molecule has 0 radical (unpaired) electrons. The Morgan fingerprint density at radius 1 is 1.32 bits per heavy atom. The van der Waals surface area contributed by atoms with E-state index in [0.29, 0.717) is 12.8 Å². The fourth-order valence-electron chi connectivity index (χ4n) is 2.66. The van der Waals surface area contributed by atoms with E-state index in [1.807, 2.05) is 0 Å². The Morgan fingerprint density at radius 2 is 1.96 bits per heavy atom. The van der Waals surface area contributed by atoms with Crippen molar-refractivity contribution < 1.29 is 33.0 Å². The summed E-state index contributed by atoms with van der Waals surface area (Å²) in [5, 5.41) is 20.8. The number of hydrogen-bond acceptors (Lipinski definition) is 4. The molecule has 0 aromatic carbocycles. The first-order valence-electron chi connectivity index (χ1n) is 8.26. The number of carboxylic acids is 1. The molecule has 1 rings (SSSR count). The molecule has 3 N–H and O–H groups in total. The maximum atomic E-state index is 13.1. The van der Waals surface area contributed by atoms with Crippen LogP contribution in [0.1, 0.15) is 39.5 Å². The van der Waals surface area contributed by atoms with Crippen LogP contribution in [0, 0.1) is 5.92 Å². The number of nitrogens with zero attached hydrogens (tertiary/aromatic N) is 1. The van der Waals surface area contributed by atoms with Crippen LogP contribution in [-0.4, -0.2) is 58.0 Å². The van der Waals surface area contributed by atoms with E-state index in [4.69, 9.17) is 5.11 Å². The second-order valence-electron chi connectivity index (χ2n) is 6.47. The van der Waals surface area contributed by atoms with Gasteiger partial charge in [-0.1, -0.05) is 26.7 Å². The monoisotopic (exact) mass is 366 g/mol. The van der Waals surface area contributed by atoms with Gasteiger partial charge in [0.05, 0.1) is 0 Å². The second kappa shape index (κ2) is 9.19. The summed E-state index contributed by atoms with van der Waals surface area (Å²) in [5.74, 6) is -2.10. The highest BCUT2D eigenvalue weighted by atomic mass is 19.4. The van der Waals surface area contributed by atoms with E-state index < -0.39 is 36.4 Å². The van der Waals surface area contributed by atoms with Crippen molar-refractivity contribution in [2.75, 3.05) is 6.54 Å². The molecule has 0 aliphatic carbocycles. The predicted molar refractivity (Wildman–Crippen MR) is 84.6 cm³/mol. The molecular formula is C16H25F3N2O4. The molecule has 3 atom stereocenters. The number of hydrogen-bond donors (Lipinski definition) is 3. The maximum absolute atomic E-state index is 13.1. The molecule has 1 aliphatic rings. The van der Waals surface area contributed by atoms with Crippen LogP contribution in [0.3, 0.4) is 0 Å². The first-order valence-corrected chi connectivity index (χ1v) is 8.26. The van der Waals surface area contributed by atoms with Crippen molar-refractivity contribution in [3.8, 4) is 0 Å². The van der Waals surface area contributed by atoms with Gasteiger partial charge in [0.25, 0.3) is 0 Å². The number of alkyl halides is 3.